The molecule has 0 aliphatic heterocycles. The maximum absolute atomic E-state index is 13.7. The van der Waals surface area contributed by atoms with Crippen LogP contribution in [0, 0.1) is 17.5 Å². The van der Waals surface area contributed by atoms with E-state index in [-0.39, 0.29) is 19.0 Å². The van der Waals surface area contributed by atoms with Crippen molar-refractivity contribution < 1.29 is 22.8 Å². The zero-order valence-corrected chi connectivity index (χ0v) is 17.4. The summed E-state index contributed by atoms with van der Waals surface area (Å²) in [5.41, 5.74) is 2.25. The zero-order chi connectivity index (χ0) is 23.1. The van der Waals surface area contributed by atoms with Crippen LogP contribution in [0.3, 0.4) is 0 Å². The molecule has 2 N–H and O–H groups in total. The molecule has 3 aromatic rings. The van der Waals surface area contributed by atoms with Gasteiger partial charge in [0.05, 0.1) is 18.8 Å². The van der Waals surface area contributed by atoms with Gasteiger partial charge in [0.2, 0.25) is 11.8 Å². The Morgan fingerprint density at radius 1 is 0.750 bits per heavy atom. The molecule has 0 aliphatic carbocycles. The van der Waals surface area contributed by atoms with Crippen LogP contribution in [0.15, 0.2) is 66.7 Å². The molecular weight excluding hydrogens is 419 g/mol. The molecule has 0 unspecified atom stereocenters. The van der Waals surface area contributed by atoms with Crippen molar-refractivity contribution in [3.63, 3.8) is 0 Å². The molecular formula is C24H22F3N3O2. The first-order chi connectivity index (χ1) is 15.3. The average molecular weight is 441 g/mol. The topological polar surface area (TPSA) is 61.4 Å². The van der Waals surface area contributed by atoms with E-state index < -0.39 is 29.0 Å². The van der Waals surface area contributed by atoms with Crippen LogP contribution in [-0.4, -0.2) is 36.9 Å². The summed E-state index contributed by atoms with van der Waals surface area (Å²) in [7, 11) is 1.54. The molecule has 0 fully saturated rings. The average Bonchev–Trinajstić information content (AvgIpc) is 2.76. The lowest BCUT2D eigenvalue weighted by atomic mass is 10.0. The summed E-state index contributed by atoms with van der Waals surface area (Å²) in [4.78, 5) is 26.0. The van der Waals surface area contributed by atoms with Gasteiger partial charge in [-0.25, -0.2) is 13.2 Å². The summed E-state index contributed by atoms with van der Waals surface area (Å²) >= 11 is 0. The van der Waals surface area contributed by atoms with E-state index in [9.17, 15) is 22.8 Å². The van der Waals surface area contributed by atoms with Gasteiger partial charge in [-0.1, -0.05) is 48.5 Å². The van der Waals surface area contributed by atoms with Crippen molar-refractivity contribution in [2.24, 2.45) is 0 Å². The minimum atomic E-state index is -1.66. The smallest absolute Gasteiger partial charge is 0.238 e. The van der Waals surface area contributed by atoms with Crippen LogP contribution in [0.2, 0.25) is 0 Å². The van der Waals surface area contributed by atoms with Crippen molar-refractivity contribution in [2.45, 2.75) is 6.42 Å². The van der Waals surface area contributed by atoms with Crippen LogP contribution < -0.4 is 10.6 Å². The maximum atomic E-state index is 13.7. The number of para-hydroxylation sites is 1. The molecule has 3 rings (SSSR count). The van der Waals surface area contributed by atoms with E-state index in [1.807, 2.05) is 48.5 Å². The minimum absolute atomic E-state index is 0.104. The third-order valence-corrected chi connectivity index (χ3v) is 4.67. The van der Waals surface area contributed by atoms with Crippen molar-refractivity contribution >= 4 is 23.2 Å². The lowest BCUT2D eigenvalue weighted by molar-refractivity contribution is -0.119. The standard InChI is InChI=1S/C24H22F3N3O2/c1-30(15-22(32)29-20-12-11-18(25)23(26)24(20)27)14-21(31)28-19-10-6-5-9-17(19)13-16-7-3-2-4-8-16/h2-12H,13-15H2,1H3,(H,28,31)(H,29,32). The second kappa shape index (κ2) is 10.6. The van der Waals surface area contributed by atoms with Crippen molar-refractivity contribution in [2.75, 3.05) is 30.8 Å². The summed E-state index contributed by atoms with van der Waals surface area (Å²) in [6.45, 7) is -0.356. The van der Waals surface area contributed by atoms with Gasteiger partial charge in [0, 0.05) is 5.69 Å². The number of carbonyl (C=O) groups excluding carboxylic acids is 2. The Balaban J connectivity index is 1.55. The first-order valence-electron chi connectivity index (χ1n) is 9.87. The van der Waals surface area contributed by atoms with Crippen LogP contribution in [0.5, 0.6) is 0 Å². The van der Waals surface area contributed by atoms with Gasteiger partial charge in [-0.15, -0.1) is 0 Å². The molecule has 0 heterocycles. The Hall–Kier alpha value is -3.65. The van der Waals surface area contributed by atoms with Crippen molar-refractivity contribution in [1.29, 1.82) is 0 Å². The first kappa shape index (κ1) is 23.0. The molecule has 8 heteroatoms. The second-order valence-corrected chi connectivity index (χ2v) is 7.31. The minimum Gasteiger partial charge on any atom is -0.325 e. The molecule has 0 aliphatic rings. The van der Waals surface area contributed by atoms with Gasteiger partial charge in [0.1, 0.15) is 0 Å². The van der Waals surface area contributed by atoms with Gasteiger partial charge in [-0.3, -0.25) is 14.5 Å². The van der Waals surface area contributed by atoms with Crippen LogP contribution in [-0.2, 0) is 16.0 Å². The van der Waals surface area contributed by atoms with Gasteiger partial charge in [-0.05, 0) is 42.8 Å². The fourth-order valence-corrected chi connectivity index (χ4v) is 3.16. The van der Waals surface area contributed by atoms with Crippen LogP contribution >= 0.6 is 0 Å². The molecule has 166 valence electrons. The number of carbonyl (C=O) groups is 2. The lowest BCUT2D eigenvalue weighted by Crippen LogP contribution is -2.36. The largest absolute Gasteiger partial charge is 0.325 e. The van der Waals surface area contributed by atoms with Gasteiger partial charge in [0.25, 0.3) is 0 Å². The molecule has 0 saturated heterocycles. The van der Waals surface area contributed by atoms with E-state index in [2.05, 4.69) is 10.6 Å². The van der Waals surface area contributed by atoms with Crippen LogP contribution in [0.4, 0.5) is 24.5 Å². The Kier molecular flexibility index (Phi) is 7.62. The van der Waals surface area contributed by atoms with E-state index in [0.29, 0.717) is 12.1 Å². The number of hydrogen-bond acceptors (Lipinski definition) is 3. The molecule has 0 radical (unpaired) electrons. The highest BCUT2D eigenvalue weighted by molar-refractivity contribution is 5.95. The SMILES string of the molecule is CN(CC(=O)Nc1ccccc1Cc1ccccc1)CC(=O)Nc1ccc(F)c(F)c1F. The summed E-state index contributed by atoms with van der Waals surface area (Å²) in [6.07, 6.45) is 0.648. The Labute approximate surface area is 183 Å². The number of nitrogens with zero attached hydrogens (tertiary/aromatic N) is 1. The zero-order valence-electron chi connectivity index (χ0n) is 17.4. The van der Waals surface area contributed by atoms with E-state index in [1.54, 1.807) is 6.07 Å². The quantitative estimate of drug-likeness (QED) is 0.515. The molecule has 5 nitrogen and oxygen atoms in total. The fourth-order valence-electron chi connectivity index (χ4n) is 3.16. The van der Waals surface area contributed by atoms with Gasteiger partial charge < -0.3 is 10.6 Å². The number of benzene rings is 3. The molecule has 0 atom stereocenters. The third-order valence-electron chi connectivity index (χ3n) is 4.67. The first-order valence-corrected chi connectivity index (χ1v) is 9.87. The Bertz CT molecular complexity index is 1110. The Morgan fingerprint density at radius 2 is 1.34 bits per heavy atom. The summed E-state index contributed by atoms with van der Waals surface area (Å²) in [6, 6.07) is 18.9. The van der Waals surface area contributed by atoms with Gasteiger partial charge in [0.15, 0.2) is 17.5 Å². The fraction of sp³-hybridized carbons (Fsp3) is 0.167. The number of halogens is 3. The highest BCUT2D eigenvalue weighted by Crippen LogP contribution is 2.20. The summed E-state index contributed by atoms with van der Waals surface area (Å²) < 4.78 is 40.0. The number of hydrogen-bond donors (Lipinski definition) is 2. The Morgan fingerprint density at radius 3 is 2.03 bits per heavy atom. The monoisotopic (exact) mass is 441 g/mol. The molecule has 0 saturated carbocycles. The van der Waals surface area contributed by atoms with Crippen LogP contribution in [0.1, 0.15) is 11.1 Å². The van der Waals surface area contributed by atoms with E-state index in [4.69, 9.17) is 0 Å². The number of amides is 2. The molecule has 3 aromatic carbocycles. The summed E-state index contributed by atoms with van der Waals surface area (Å²) in [5.74, 6) is -5.49. The normalized spacial score (nSPS) is 10.8. The van der Waals surface area contributed by atoms with E-state index in [0.717, 1.165) is 23.3 Å². The number of nitrogens with one attached hydrogen (secondary N) is 2. The predicted octanol–water partition coefficient (Wildman–Crippen LogP) is 4.20. The van der Waals surface area contributed by atoms with Gasteiger partial charge >= 0.3 is 0 Å². The number of likely N-dealkylation sites (N-methyl/N-ethyl adjacent to an activating group) is 1. The predicted molar refractivity (Wildman–Crippen MR) is 117 cm³/mol. The molecule has 0 bridgehead atoms. The second-order valence-electron chi connectivity index (χ2n) is 7.31. The highest BCUT2D eigenvalue weighted by Gasteiger charge is 2.17. The molecule has 32 heavy (non-hydrogen) atoms. The van der Waals surface area contributed by atoms with E-state index in [1.165, 1.54) is 11.9 Å². The number of anilines is 2. The van der Waals surface area contributed by atoms with Gasteiger partial charge in [-0.2, -0.15) is 0 Å². The van der Waals surface area contributed by atoms with Crippen molar-refractivity contribution in [3.8, 4) is 0 Å². The van der Waals surface area contributed by atoms with Crippen molar-refractivity contribution in [3.05, 3.63) is 95.3 Å². The van der Waals surface area contributed by atoms with Crippen molar-refractivity contribution in [1.82, 2.24) is 4.90 Å². The molecule has 0 spiro atoms. The maximum Gasteiger partial charge on any atom is 0.238 e. The number of rotatable bonds is 8. The van der Waals surface area contributed by atoms with E-state index >= 15 is 0 Å². The van der Waals surface area contributed by atoms with Crippen LogP contribution in [0.25, 0.3) is 0 Å². The third kappa shape index (κ3) is 6.18. The summed E-state index contributed by atoms with van der Waals surface area (Å²) in [5, 5.41) is 5.02. The molecule has 2 amide bonds. The molecule has 0 aromatic heterocycles. The highest BCUT2D eigenvalue weighted by atomic mass is 19.2. The lowest BCUT2D eigenvalue weighted by Gasteiger charge is -2.17.